The van der Waals surface area contributed by atoms with Gasteiger partial charge in [0, 0.05) is 11.6 Å². The minimum atomic E-state index is -4.69. The fraction of sp³-hybridized carbons (Fsp3) is 0.312. The number of nitrogens with zero attached hydrogens (tertiary/aromatic N) is 3. The molecule has 1 heterocycles. The molecule has 1 aromatic carbocycles. The Morgan fingerprint density at radius 3 is 2.36 bits per heavy atom. The topological polar surface area (TPSA) is 73.6 Å². The first-order chi connectivity index (χ1) is 11.5. The highest BCUT2D eigenvalue weighted by Crippen LogP contribution is 2.31. The molecule has 0 atom stereocenters. The van der Waals surface area contributed by atoms with Gasteiger partial charge in [-0.3, -0.25) is 0 Å². The van der Waals surface area contributed by atoms with Gasteiger partial charge in [0.05, 0.1) is 5.69 Å². The fourth-order valence-corrected chi connectivity index (χ4v) is 1.93. The lowest BCUT2D eigenvalue weighted by atomic mass is 10.1. The largest absolute Gasteiger partial charge is 0.433 e. The zero-order chi connectivity index (χ0) is 18.8. The second-order valence-electron chi connectivity index (χ2n) is 6.23. The lowest BCUT2D eigenvalue weighted by molar-refractivity contribution is -0.141. The molecule has 0 aliphatic rings. The van der Waals surface area contributed by atoms with E-state index in [2.05, 4.69) is 20.6 Å². The molecule has 25 heavy (non-hydrogen) atoms. The van der Waals surface area contributed by atoms with Crippen molar-refractivity contribution in [3.63, 3.8) is 0 Å². The lowest BCUT2D eigenvalue weighted by Crippen LogP contribution is -2.28. The molecule has 9 heteroatoms. The van der Waals surface area contributed by atoms with Gasteiger partial charge in [0.15, 0.2) is 5.69 Å². The van der Waals surface area contributed by atoms with Crippen LogP contribution in [0.1, 0.15) is 32.0 Å². The van der Waals surface area contributed by atoms with Gasteiger partial charge in [-0.1, -0.05) is 6.07 Å². The number of alkyl halides is 3. The highest BCUT2D eigenvalue weighted by molar-refractivity contribution is 5.65. The van der Waals surface area contributed by atoms with Crippen molar-refractivity contribution in [2.75, 3.05) is 10.6 Å². The number of hydrogen-bond acceptors (Lipinski definition) is 5. The minimum Gasteiger partial charge on any atom is -0.350 e. The van der Waals surface area contributed by atoms with Gasteiger partial charge in [0.25, 0.3) is 0 Å². The molecule has 0 fully saturated rings. The van der Waals surface area contributed by atoms with Crippen molar-refractivity contribution in [2.45, 2.75) is 32.5 Å². The van der Waals surface area contributed by atoms with Gasteiger partial charge in [-0.05, 0) is 32.9 Å². The van der Waals surface area contributed by atoms with Crippen LogP contribution in [0.4, 0.5) is 35.0 Å². The van der Waals surface area contributed by atoms with Crippen LogP contribution in [-0.4, -0.2) is 15.5 Å². The van der Waals surface area contributed by atoms with Crippen molar-refractivity contribution in [3.8, 4) is 6.07 Å². The molecule has 0 amide bonds. The summed E-state index contributed by atoms with van der Waals surface area (Å²) in [5.41, 5.74) is -2.04. The predicted octanol–water partition coefficient (Wildman–Crippen LogP) is 4.46. The van der Waals surface area contributed by atoms with Gasteiger partial charge in [0.1, 0.15) is 23.3 Å². The van der Waals surface area contributed by atoms with Crippen molar-refractivity contribution in [1.82, 2.24) is 9.97 Å². The summed E-state index contributed by atoms with van der Waals surface area (Å²) in [6, 6.07) is 6.14. The molecular formula is C16H15F4N5. The van der Waals surface area contributed by atoms with E-state index in [1.54, 1.807) is 26.8 Å². The summed E-state index contributed by atoms with van der Waals surface area (Å²) in [4.78, 5) is 7.43. The van der Waals surface area contributed by atoms with E-state index in [1.165, 1.54) is 12.1 Å². The van der Waals surface area contributed by atoms with Crippen LogP contribution in [0.5, 0.6) is 0 Å². The highest BCUT2D eigenvalue weighted by Gasteiger charge is 2.34. The van der Waals surface area contributed by atoms with Crippen LogP contribution >= 0.6 is 0 Å². The fourth-order valence-electron chi connectivity index (χ4n) is 1.93. The standard InChI is InChI=1S/C16H15F4N5/c1-15(2,3)25-14-23-12(16(18,19)20)7-13(24-14)22-11-6-4-5-10(17)9(11)8-21/h4-7H,1-3H3,(H2,22,23,24,25). The number of aromatic nitrogens is 2. The molecule has 0 radical (unpaired) electrons. The number of nitriles is 1. The number of halogens is 4. The molecule has 2 aromatic rings. The van der Waals surface area contributed by atoms with Crippen LogP contribution in [0.3, 0.4) is 0 Å². The van der Waals surface area contributed by atoms with E-state index in [9.17, 15) is 17.6 Å². The minimum absolute atomic E-state index is 0.0102. The predicted molar refractivity (Wildman–Crippen MR) is 84.8 cm³/mol. The molecule has 0 unspecified atom stereocenters. The third kappa shape index (κ3) is 4.79. The Labute approximate surface area is 141 Å². The van der Waals surface area contributed by atoms with Crippen molar-refractivity contribution in [1.29, 1.82) is 5.26 Å². The quantitative estimate of drug-likeness (QED) is 0.797. The average molecular weight is 353 g/mol. The number of rotatable bonds is 3. The molecule has 0 aliphatic heterocycles. The molecule has 0 spiro atoms. The van der Waals surface area contributed by atoms with E-state index in [-0.39, 0.29) is 23.0 Å². The van der Waals surface area contributed by atoms with Gasteiger partial charge in [-0.2, -0.15) is 23.4 Å². The summed E-state index contributed by atoms with van der Waals surface area (Å²) in [5.74, 6) is -1.23. The van der Waals surface area contributed by atoms with Crippen LogP contribution < -0.4 is 10.6 Å². The van der Waals surface area contributed by atoms with E-state index in [0.717, 1.165) is 6.07 Å². The van der Waals surface area contributed by atoms with Crippen LogP contribution in [0.2, 0.25) is 0 Å². The number of anilines is 3. The summed E-state index contributed by atoms with van der Waals surface area (Å²) in [6.45, 7) is 5.22. The maximum absolute atomic E-state index is 13.6. The Balaban J connectivity index is 2.49. The second kappa shape index (κ2) is 6.55. The average Bonchev–Trinajstić information content (AvgIpc) is 2.44. The van der Waals surface area contributed by atoms with Crippen molar-refractivity contribution < 1.29 is 17.6 Å². The molecule has 2 N–H and O–H groups in total. The van der Waals surface area contributed by atoms with E-state index < -0.39 is 23.2 Å². The van der Waals surface area contributed by atoms with E-state index in [4.69, 9.17) is 5.26 Å². The first-order valence-corrected chi connectivity index (χ1v) is 7.20. The summed E-state index contributed by atoms with van der Waals surface area (Å²) in [7, 11) is 0. The van der Waals surface area contributed by atoms with Gasteiger partial charge in [-0.25, -0.2) is 9.37 Å². The van der Waals surface area contributed by atoms with E-state index in [0.29, 0.717) is 6.07 Å². The van der Waals surface area contributed by atoms with Crippen LogP contribution in [0.25, 0.3) is 0 Å². The summed E-state index contributed by atoms with van der Waals surface area (Å²) in [5, 5.41) is 14.3. The molecule has 132 valence electrons. The normalized spacial score (nSPS) is 11.8. The SMILES string of the molecule is CC(C)(C)Nc1nc(Nc2cccc(F)c2C#N)cc(C(F)(F)F)n1. The maximum atomic E-state index is 13.6. The molecule has 0 aliphatic carbocycles. The Morgan fingerprint density at radius 1 is 1.12 bits per heavy atom. The summed E-state index contributed by atoms with van der Waals surface area (Å²) < 4.78 is 52.8. The number of nitrogens with one attached hydrogen (secondary N) is 2. The van der Waals surface area contributed by atoms with Crippen molar-refractivity contribution in [3.05, 3.63) is 41.3 Å². The first-order valence-electron chi connectivity index (χ1n) is 7.20. The lowest BCUT2D eigenvalue weighted by Gasteiger charge is -2.21. The second-order valence-corrected chi connectivity index (χ2v) is 6.23. The third-order valence-corrected chi connectivity index (χ3v) is 2.89. The van der Waals surface area contributed by atoms with Gasteiger partial charge in [0.2, 0.25) is 5.95 Å². The Bertz CT molecular complexity index is 819. The monoisotopic (exact) mass is 353 g/mol. The van der Waals surface area contributed by atoms with Gasteiger partial charge >= 0.3 is 6.18 Å². The smallest absolute Gasteiger partial charge is 0.350 e. The van der Waals surface area contributed by atoms with Crippen LogP contribution in [0, 0.1) is 17.1 Å². The highest BCUT2D eigenvalue weighted by atomic mass is 19.4. The molecule has 5 nitrogen and oxygen atoms in total. The van der Waals surface area contributed by atoms with Gasteiger partial charge in [-0.15, -0.1) is 0 Å². The zero-order valence-corrected chi connectivity index (χ0v) is 13.7. The van der Waals surface area contributed by atoms with Crippen LogP contribution in [0.15, 0.2) is 24.3 Å². The van der Waals surface area contributed by atoms with Crippen molar-refractivity contribution in [2.24, 2.45) is 0 Å². The molecule has 0 saturated heterocycles. The van der Waals surface area contributed by atoms with Gasteiger partial charge < -0.3 is 10.6 Å². The van der Waals surface area contributed by atoms with Crippen LogP contribution in [-0.2, 0) is 6.18 Å². The zero-order valence-electron chi connectivity index (χ0n) is 13.7. The summed E-state index contributed by atoms with van der Waals surface area (Å²) in [6.07, 6.45) is -4.69. The Kier molecular flexibility index (Phi) is 4.83. The van der Waals surface area contributed by atoms with E-state index >= 15 is 0 Å². The molecule has 1 aromatic heterocycles. The first kappa shape index (κ1) is 18.4. The molecular weight excluding hydrogens is 338 g/mol. The summed E-state index contributed by atoms with van der Waals surface area (Å²) >= 11 is 0. The van der Waals surface area contributed by atoms with Crippen molar-refractivity contribution >= 4 is 17.5 Å². The molecule has 0 saturated carbocycles. The Hall–Kier alpha value is -2.89. The third-order valence-electron chi connectivity index (χ3n) is 2.89. The Morgan fingerprint density at radius 2 is 1.80 bits per heavy atom. The molecule has 2 rings (SSSR count). The molecule has 0 bridgehead atoms. The number of hydrogen-bond donors (Lipinski definition) is 2. The number of benzene rings is 1. The maximum Gasteiger partial charge on any atom is 0.433 e. The van der Waals surface area contributed by atoms with E-state index in [1.807, 2.05) is 0 Å².